The van der Waals surface area contributed by atoms with Crippen molar-refractivity contribution in [1.82, 2.24) is 15.1 Å². The lowest BCUT2D eigenvalue weighted by molar-refractivity contribution is -0.145. The van der Waals surface area contributed by atoms with E-state index in [0.717, 1.165) is 38.0 Å². The molecule has 1 aromatic heterocycles. The Kier molecular flexibility index (Phi) is 3.67. The van der Waals surface area contributed by atoms with Crippen LogP contribution in [0.15, 0.2) is 6.07 Å². The minimum Gasteiger partial charge on any atom is -0.461 e. The number of esters is 1. The van der Waals surface area contributed by atoms with Crippen LogP contribution in [0.1, 0.15) is 48.3 Å². The molecule has 0 bridgehead atoms. The number of rotatable bonds is 3. The molecule has 0 unspecified atom stereocenters. The average molecular weight is 292 g/mol. The molecule has 0 aliphatic carbocycles. The number of H-pyrrole nitrogens is 1. The molecule has 2 fully saturated rings. The van der Waals surface area contributed by atoms with Crippen LogP contribution < -0.4 is 5.73 Å². The van der Waals surface area contributed by atoms with Crippen molar-refractivity contribution >= 4 is 11.9 Å². The van der Waals surface area contributed by atoms with Gasteiger partial charge in [-0.3, -0.25) is 19.6 Å². The van der Waals surface area contributed by atoms with Gasteiger partial charge < -0.3 is 10.5 Å². The SMILES string of the molecule is C[C@@H]1C[C@H](N2CCC[C@@H](c3cc(C(N)=O)n[nH]3)C2)C(=O)O1. The molecule has 0 aromatic carbocycles. The molecule has 1 aromatic rings. The molecule has 2 aliphatic rings. The smallest absolute Gasteiger partial charge is 0.323 e. The number of ether oxygens (including phenoxy) is 1. The van der Waals surface area contributed by atoms with Crippen LogP contribution in [0, 0.1) is 0 Å². The van der Waals surface area contributed by atoms with Crippen LogP contribution in [0.4, 0.5) is 0 Å². The van der Waals surface area contributed by atoms with Crippen LogP contribution >= 0.6 is 0 Å². The number of likely N-dealkylation sites (tertiary alicyclic amines) is 1. The standard InChI is InChI=1S/C14H20N4O3/c1-8-5-12(14(20)21-8)18-4-2-3-9(7-18)10-6-11(13(15)19)17-16-10/h6,8-9,12H,2-5,7H2,1H3,(H2,15,19)(H,16,17)/t8-,9-,12+/m1/s1. The van der Waals surface area contributed by atoms with Crippen molar-refractivity contribution in [3.63, 3.8) is 0 Å². The van der Waals surface area contributed by atoms with E-state index in [1.807, 2.05) is 6.92 Å². The first-order valence-corrected chi connectivity index (χ1v) is 7.34. The Morgan fingerprint density at radius 2 is 2.38 bits per heavy atom. The molecule has 3 rings (SSSR count). The lowest BCUT2D eigenvalue weighted by atomic mass is 9.93. The van der Waals surface area contributed by atoms with Crippen molar-refractivity contribution in [2.75, 3.05) is 13.1 Å². The van der Waals surface area contributed by atoms with Crippen molar-refractivity contribution in [1.29, 1.82) is 0 Å². The fraction of sp³-hybridized carbons (Fsp3) is 0.643. The number of aromatic amines is 1. The molecule has 3 heterocycles. The van der Waals surface area contributed by atoms with Crippen LogP contribution in [0.25, 0.3) is 0 Å². The van der Waals surface area contributed by atoms with Crippen LogP contribution in [0.2, 0.25) is 0 Å². The number of cyclic esters (lactones) is 1. The van der Waals surface area contributed by atoms with Gasteiger partial charge in [0.1, 0.15) is 17.8 Å². The molecule has 114 valence electrons. The maximum absolute atomic E-state index is 11.9. The third-order valence-corrected chi connectivity index (χ3v) is 4.33. The summed E-state index contributed by atoms with van der Waals surface area (Å²) < 4.78 is 5.24. The monoisotopic (exact) mass is 292 g/mol. The molecule has 0 spiro atoms. The minimum atomic E-state index is -0.529. The van der Waals surface area contributed by atoms with E-state index >= 15 is 0 Å². The summed E-state index contributed by atoms with van der Waals surface area (Å²) in [6.45, 7) is 3.60. The first kappa shape index (κ1) is 14.1. The summed E-state index contributed by atoms with van der Waals surface area (Å²) in [5.74, 6) is -0.410. The molecule has 7 heteroatoms. The largest absolute Gasteiger partial charge is 0.461 e. The topological polar surface area (TPSA) is 101 Å². The number of nitrogens with two attached hydrogens (primary N) is 1. The number of carbonyl (C=O) groups excluding carboxylic acids is 2. The maximum atomic E-state index is 11.9. The molecule has 3 atom stereocenters. The van der Waals surface area contributed by atoms with E-state index in [-0.39, 0.29) is 29.7 Å². The summed E-state index contributed by atoms with van der Waals surface area (Å²) in [5.41, 5.74) is 6.39. The van der Waals surface area contributed by atoms with Crippen LogP contribution in [-0.4, -0.2) is 52.2 Å². The maximum Gasteiger partial charge on any atom is 0.323 e. The van der Waals surface area contributed by atoms with Gasteiger partial charge in [-0.05, 0) is 32.4 Å². The van der Waals surface area contributed by atoms with E-state index in [9.17, 15) is 9.59 Å². The van der Waals surface area contributed by atoms with Gasteiger partial charge in [0.2, 0.25) is 0 Å². The van der Waals surface area contributed by atoms with Crippen molar-refractivity contribution in [2.24, 2.45) is 5.73 Å². The van der Waals surface area contributed by atoms with E-state index in [0.29, 0.717) is 0 Å². The second-order valence-corrected chi connectivity index (χ2v) is 5.91. The summed E-state index contributed by atoms with van der Waals surface area (Å²) in [6, 6.07) is 1.58. The highest BCUT2D eigenvalue weighted by Gasteiger charge is 2.38. The van der Waals surface area contributed by atoms with Crippen LogP contribution in [0.3, 0.4) is 0 Å². The molecular formula is C14H20N4O3. The Bertz CT molecular complexity index is 556. The Morgan fingerprint density at radius 1 is 1.57 bits per heavy atom. The summed E-state index contributed by atoms with van der Waals surface area (Å²) in [4.78, 5) is 25.2. The number of carbonyl (C=O) groups is 2. The molecule has 0 saturated carbocycles. The number of piperidine rings is 1. The second kappa shape index (κ2) is 5.48. The van der Waals surface area contributed by atoms with E-state index in [4.69, 9.17) is 10.5 Å². The van der Waals surface area contributed by atoms with E-state index in [1.54, 1.807) is 6.07 Å². The van der Waals surface area contributed by atoms with Crippen LogP contribution in [-0.2, 0) is 9.53 Å². The number of primary amides is 1. The van der Waals surface area contributed by atoms with Gasteiger partial charge in [0.25, 0.3) is 5.91 Å². The van der Waals surface area contributed by atoms with Crippen molar-refractivity contribution < 1.29 is 14.3 Å². The predicted molar refractivity (Wildman–Crippen MR) is 74.6 cm³/mol. The number of nitrogens with zero attached hydrogens (tertiary/aromatic N) is 2. The summed E-state index contributed by atoms with van der Waals surface area (Å²) in [5, 5.41) is 6.83. The van der Waals surface area contributed by atoms with Gasteiger partial charge in [-0.15, -0.1) is 0 Å². The average Bonchev–Trinajstić information content (AvgIpc) is 3.06. The highest BCUT2D eigenvalue weighted by Crippen LogP contribution is 2.30. The number of aromatic nitrogens is 2. The molecule has 3 N–H and O–H groups in total. The minimum absolute atomic E-state index is 0.00325. The zero-order chi connectivity index (χ0) is 15.0. The zero-order valence-electron chi connectivity index (χ0n) is 12.0. The Balaban J connectivity index is 1.70. The van der Waals surface area contributed by atoms with E-state index < -0.39 is 5.91 Å². The fourth-order valence-electron chi connectivity index (χ4n) is 3.25. The summed E-state index contributed by atoms with van der Waals surface area (Å²) >= 11 is 0. The highest BCUT2D eigenvalue weighted by molar-refractivity contribution is 5.90. The van der Waals surface area contributed by atoms with Gasteiger partial charge in [0, 0.05) is 24.6 Å². The van der Waals surface area contributed by atoms with Crippen LogP contribution in [0.5, 0.6) is 0 Å². The van der Waals surface area contributed by atoms with Crippen molar-refractivity contribution in [3.8, 4) is 0 Å². The third kappa shape index (κ3) is 2.78. The Hall–Kier alpha value is -1.89. The summed E-state index contributed by atoms with van der Waals surface area (Å²) in [7, 11) is 0. The van der Waals surface area contributed by atoms with E-state index in [1.165, 1.54) is 0 Å². The predicted octanol–water partition coefficient (Wildman–Crippen LogP) is 0.392. The van der Waals surface area contributed by atoms with Crippen molar-refractivity contribution in [3.05, 3.63) is 17.5 Å². The van der Waals surface area contributed by atoms with Gasteiger partial charge in [-0.2, -0.15) is 5.10 Å². The number of hydrogen-bond donors (Lipinski definition) is 2. The fourth-order valence-corrected chi connectivity index (χ4v) is 3.25. The zero-order valence-corrected chi connectivity index (χ0v) is 12.0. The molecular weight excluding hydrogens is 272 g/mol. The first-order valence-electron chi connectivity index (χ1n) is 7.34. The summed E-state index contributed by atoms with van der Waals surface area (Å²) in [6.07, 6.45) is 2.76. The first-order chi connectivity index (χ1) is 10.0. The van der Waals surface area contributed by atoms with Gasteiger partial charge in [-0.1, -0.05) is 0 Å². The Morgan fingerprint density at radius 3 is 3.00 bits per heavy atom. The molecule has 1 amide bonds. The van der Waals surface area contributed by atoms with Crippen molar-refractivity contribution in [2.45, 2.75) is 44.2 Å². The molecule has 0 radical (unpaired) electrons. The second-order valence-electron chi connectivity index (χ2n) is 5.91. The lowest BCUT2D eigenvalue weighted by Gasteiger charge is -2.34. The third-order valence-electron chi connectivity index (χ3n) is 4.33. The normalized spacial score (nSPS) is 30.3. The van der Waals surface area contributed by atoms with Gasteiger partial charge in [-0.25, -0.2) is 0 Å². The quantitative estimate of drug-likeness (QED) is 0.785. The highest BCUT2D eigenvalue weighted by atomic mass is 16.6. The molecule has 21 heavy (non-hydrogen) atoms. The van der Waals surface area contributed by atoms with Gasteiger partial charge in [0.05, 0.1) is 0 Å². The number of amides is 1. The number of hydrogen-bond acceptors (Lipinski definition) is 5. The van der Waals surface area contributed by atoms with Gasteiger partial charge in [0.15, 0.2) is 0 Å². The van der Waals surface area contributed by atoms with E-state index in [2.05, 4.69) is 15.1 Å². The number of nitrogens with one attached hydrogen (secondary N) is 1. The molecule has 7 nitrogen and oxygen atoms in total. The van der Waals surface area contributed by atoms with Gasteiger partial charge >= 0.3 is 5.97 Å². The molecule has 2 saturated heterocycles. The lowest BCUT2D eigenvalue weighted by Crippen LogP contribution is -2.44. The Labute approximate surface area is 122 Å². The molecule has 2 aliphatic heterocycles.